The summed E-state index contributed by atoms with van der Waals surface area (Å²) >= 11 is 10.3. The minimum atomic E-state index is -1.48. The van der Waals surface area contributed by atoms with Crippen molar-refractivity contribution in [1.29, 1.82) is 0 Å². The molecule has 0 radical (unpaired) electrons. The summed E-state index contributed by atoms with van der Waals surface area (Å²) in [7, 11) is 0. The third-order valence-electron chi connectivity index (χ3n) is 9.42. The van der Waals surface area contributed by atoms with Crippen molar-refractivity contribution in [1.82, 2.24) is 10.2 Å². The molecule has 248 valence electrons. The molecule has 0 aliphatic carbocycles. The predicted octanol–water partition coefficient (Wildman–Crippen LogP) is 4.38. The number of anilines is 1. The van der Waals surface area contributed by atoms with Crippen molar-refractivity contribution in [3.63, 3.8) is 0 Å². The van der Waals surface area contributed by atoms with Crippen LogP contribution < -0.4 is 10.2 Å². The third-order valence-corrected chi connectivity index (χ3v) is 10.4. The molecular formula is C35H37BrClN3O7. The number of allylic oxidation sites excluding steroid dienone is 1. The number of hydrogen-bond acceptors (Lipinski definition) is 7. The second-order valence-electron chi connectivity index (χ2n) is 12.4. The number of aliphatic hydroxyl groups excluding tert-OH is 1. The molecule has 7 atom stereocenters. The Morgan fingerprint density at radius 1 is 1.04 bits per heavy atom. The van der Waals surface area contributed by atoms with Crippen molar-refractivity contribution in [2.75, 3.05) is 24.6 Å². The van der Waals surface area contributed by atoms with Gasteiger partial charge >= 0.3 is 5.97 Å². The van der Waals surface area contributed by atoms with E-state index in [1.165, 1.54) is 9.80 Å². The van der Waals surface area contributed by atoms with Crippen LogP contribution in [-0.4, -0.2) is 77.2 Å². The molecule has 1 spiro atoms. The lowest BCUT2D eigenvalue weighted by molar-refractivity contribution is -0.161. The van der Waals surface area contributed by atoms with Gasteiger partial charge in [0, 0.05) is 30.6 Å². The fourth-order valence-corrected chi connectivity index (χ4v) is 8.43. The summed E-state index contributed by atoms with van der Waals surface area (Å²) in [6, 6.07) is 12.7. The summed E-state index contributed by atoms with van der Waals surface area (Å²) in [5.74, 6) is -3.89. The van der Waals surface area contributed by atoms with Gasteiger partial charge in [0.25, 0.3) is 5.91 Å². The number of carbonyl (C=O) groups is 4. The fraction of sp³-hybridized carbons (Fsp3) is 0.429. The summed E-state index contributed by atoms with van der Waals surface area (Å²) in [6.45, 7) is 3.61. The van der Waals surface area contributed by atoms with Gasteiger partial charge in [0.1, 0.15) is 29.8 Å². The largest absolute Gasteiger partial charge is 0.455 e. The Balaban J connectivity index is 1.48. The van der Waals surface area contributed by atoms with E-state index in [1.807, 2.05) is 49.4 Å². The highest BCUT2D eigenvalue weighted by Gasteiger charge is 2.75. The Hall–Kier alpha value is -3.51. The number of nitrogens with one attached hydrogen (secondary N) is 1. The molecule has 2 saturated heterocycles. The summed E-state index contributed by atoms with van der Waals surface area (Å²) in [6.07, 6.45) is 4.47. The number of aliphatic hydroxyl groups is 1. The lowest BCUT2D eigenvalue weighted by Crippen LogP contribution is -2.56. The summed E-state index contributed by atoms with van der Waals surface area (Å²) in [5, 5.41) is 13.1. The number of carbonyl (C=O) groups excluding carboxylic acids is 4. The number of hydrogen-bond donors (Lipinski definition) is 2. The highest BCUT2D eigenvalue weighted by molar-refractivity contribution is 9.11. The minimum Gasteiger partial charge on any atom is -0.455 e. The van der Waals surface area contributed by atoms with Gasteiger partial charge in [-0.15, -0.1) is 0 Å². The lowest BCUT2D eigenvalue weighted by Gasteiger charge is -2.36. The molecule has 3 amide bonds. The van der Waals surface area contributed by atoms with E-state index in [0.29, 0.717) is 27.2 Å². The van der Waals surface area contributed by atoms with Crippen LogP contribution in [0.5, 0.6) is 0 Å². The van der Waals surface area contributed by atoms with Crippen molar-refractivity contribution in [3.05, 3.63) is 87.4 Å². The third kappa shape index (κ3) is 5.92. The first-order valence-corrected chi connectivity index (χ1v) is 17.0. The molecule has 4 aliphatic heterocycles. The van der Waals surface area contributed by atoms with Crippen molar-refractivity contribution in [3.8, 4) is 0 Å². The fourth-order valence-electron chi connectivity index (χ4n) is 7.37. The van der Waals surface area contributed by atoms with Gasteiger partial charge in [-0.05, 0) is 50.0 Å². The average molecular weight is 727 g/mol. The zero-order chi connectivity index (χ0) is 33.5. The van der Waals surface area contributed by atoms with Crippen LogP contribution in [0.15, 0.2) is 71.2 Å². The molecule has 0 aromatic heterocycles. The van der Waals surface area contributed by atoms with Crippen LogP contribution in [0.3, 0.4) is 0 Å². The Labute approximate surface area is 286 Å². The predicted molar refractivity (Wildman–Crippen MR) is 179 cm³/mol. The van der Waals surface area contributed by atoms with E-state index in [1.54, 1.807) is 31.2 Å². The molecule has 0 saturated carbocycles. The van der Waals surface area contributed by atoms with E-state index < -0.39 is 59.5 Å². The Kier molecular flexibility index (Phi) is 9.62. The number of ether oxygens (including phenoxy) is 2. The van der Waals surface area contributed by atoms with Gasteiger partial charge in [0.15, 0.2) is 0 Å². The van der Waals surface area contributed by atoms with E-state index in [0.717, 1.165) is 5.56 Å². The van der Waals surface area contributed by atoms with Gasteiger partial charge in [-0.2, -0.15) is 0 Å². The number of amides is 3. The van der Waals surface area contributed by atoms with Crippen LogP contribution in [0.25, 0.3) is 0 Å². The first kappa shape index (κ1) is 33.4. The molecule has 6 rings (SSSR count). The number of aryl methyl sites for hydroxylation is 1. The topological polar surface area (TPSA) is 125 Å². The maximum absolute atomic E-state index is 14.9. The van der Waals surface area contributed by atoms with Gasteiger partial charge in [-0.3, -0.25) is 19.2 Å². The molecular weight excluding hydrogens is 690 g/mol. The Bertz CT molecular complexity index is 1610. The number of para-hydroxylation sites is 1. The van der Waals surface area contributed by atoms with Gasteiger partial charge < -0.3 is 29.7 Å². The Morgan fingerprint density at radius 2 is 1.81 bits per heavy atom. The normalized spacial score (nSPS) is 31.8. The van der Waals surface area contributed by atoms with Gasteiger partial charge in [0.2, 0.25) is 11.8 Å². The monoisotopic (exact) mass is 725 g/mol. The molecule has 0 unspecified atom stereocenters. The zero-order valence-corrected chi connectivity index (χ0v) is 28.4. The van der Waals surface area contributed by atoms with Gasteiger partial charge in [-0.1, -0.05) is 82.1 Å². The van der Waals surface area contributed by atoms with Crippen LogP contribution in [0.1, 0.15) is 43.4 Å². The van der Waals surface area contributed by atoms with E-state index >= 15 is 0 Å². The van der Waals surface area contributed by atoms with Crippen LogP contribution in [-0.2, 0) is 28.7 Å². The standard InChI is InChI=1S/C35H37BrClN3O7/c1-20-11-9-14-24(37)28(20)39-16-8-4-7-15-25(42)38-21(2)29(22-12-5-3-6-13-22)46-34(45)26-27-32(43)40(17-10-18-41)31(33(39)44)35(27)19-23(36)30(26)47-35/h3-6,8-9,11-14,19,21,26-27,29-31,41H,7,10,15-18H2,1-2H3,(H,38,42)/b8-4-/t21-,26+,27-,29+,30+,31+,35-/m0/s1. The number of halogens is 2. The lowest BCUT2D eigenvalue weighted by atomic mass is 9.74. The van der Waals surface area contributed by atoms with Crippen molar-refractivity contribution in [2.24, 2.45) is 11.8 Å². The molecule has 2 aromatic carbocycles. The number of cyclic esters (lactones) is 1. The SMILES string of the molecule is Cc1cccc(Cl)c1N1C/C=C\CCC(=O)N[C@@H](C)[C@H](c2ccccc2)OC(=O)[C@H]2[C@@H]3O[C@@]4(C=C3Br)[C@@H]2C(=O)N(CCCO)[C@@H]4C1=O. The summed E-state index contributed by atoms with van der Waals surface area (Å²) < 4.78 is 13.3. The molecule has 10 nitrogen and oxygen atoms in total. The molecule has 12 heteroatoms. The van der Waals surface area contributed by atoms with E-state index in [2.05, 4.69) is 21.2 Å². The number of benzene rings is 2. The van der Waals surface area contributed by atoms with Crippen molar-refractivity contribution < 1.29 is 33.8 Å². The Morgan fingerprint density at radius 3 is 2.53 bits per heavy atom. The smallest absolute Gasteiger partial charge is 0.313 e. The highest BCUT2D eigenvalue weighted by atomic mass is 79.9. The second-order valence-corrected chi connectivity index (χ2v) is 13.7. The molecule has 4 heterocycles. The first-order chi connectivity index (χ1) is 22.6. The van der Waals surface area contributed by atoms with Crippen LogP contribution in [0.4, 0.5) is 5.69 Å². The van der Waals surface area contributed by atoms with Crippen LogP contribution in [0, 0.1) is 18.8 Å². The molecule has 4 aliphatic rings. The second kappa shape index (κ2) is 13.5. The highest BCUT2D eigenvalue weighted by Crippen LogP contribution is 2.59. The number of likely N-dealkylation sites (tertiary alicyclic amines) is 1. The van der Waals surface area contributed by atoms with Crippen LogP contribution >= 0.6 is 27.5 Å². The summed E-state index contributed by atoms with van der Waals surface area (Å²) in [4.78, 5) is 59.6. The van der Waals surface area contributed by atoms with Gasteiger partial charge in [0.05, 0.1) is 22.7 Å². The number of rotatable bonds is 5. The van der Waals surface area contributed by atoms with Crippen molar-refractivity contribution in [2.45, 2.75) is 63.0 Å². The van der Waals surface area contributed by atoms with E-state index in [4.69, 9.17) is 21.1 Å². The molecule has 5 bridgehead atoms. The minimum absolute atomic E-state index is 0.0755. The summed E-state index contributed by atoms with van der Waals surface area (Å²) in [5.41, 5.74) is 0.436. The van der Waals surface area contributed by atoms with Crippen LogP contribution in [0.2, 0.25) is 5.02 Å². The molecule has 2 aromatic rings. The van der Waals surface area contributed by atoms with E-state index in [9.17, 15) is 24.3 Å². The maximum atomic E-state index is 14.9. The van der Waals surface area contributed by atoms with Crippen molar-refractivity contribution >= 4 is 56.9 Å². The van der Waals surface area contributed by atoms with E-state index in [-0.39, 0.29) is 38.4 Å². The average Bonchev–Trinajstić information content (AvgIpc) is 3.64. The molecule has 2 fully saturated rings. The van der Waals surface area contributed by atoms with Gasteiger partial charge in [-0.25, -0.2) is 0 Å². The first-order valence-electron chi connectivity index (χ1n) is 15.8. The number of fused-ring (bicyclic) bond motifs is 2. The molecule has 47 heavy (non-hydrogen) atoms. The number of nitrogens with zero attached hydrogens (tertiary/aromatic N) is 2. The zero-order valence-electron chi connectivity index (χ0n) is 26.1. The molecule has 2 N–H and O–H groups in total. The number of esters is 1. The maximum Gasteiger partial charge on any atom is 0.313 e. The quantitative estimate of drug-likeness (QED) is 0.346.